The fourth-order valence-electron chi connectivity index (χ4n) is 1.59. The van der Waals surface area contributed by atoms with E-state index < -0.39 is 0 Å². The third-order valence-corrected chi connectivity index (χ3v) is 2.40. The fourth-order valence-corrected chi connectivity index (χ4v) is 1.59. The van der Waals surface area contributed by atoms with Crippen LogP contribution in [-0.2, 0) is 0 Å². The maximum atomic E-state index is 7.36. The topological polar surface area (TPSA) is 35.9 Å². The molecule has 2 nitrogen and oxygen atoms in total. The first-order valence-electron chi connectivity index (χ1n) is 5.34. The molecule has 1 aromatic carbocycles. The number of aryl methyl sites for hydroxylation is 1. The SMILES string of the molecule is C/C=C\c1ccc(/C(C=N)=C/NC)cc1C. The normalized spacial score (nSPS) is 11.8. The van der Waals surface area contributed by atoms with E-state index in [9.17, 15) is 0 Å². The lowest BCUT2D eigenvalue weighted by atomic mass is 10.0. The largest absolute Gasteiger partial charge is 0.393 e. The van der Waals surface area contributed by atoms with Crippen LogP contribution < -0.4 is 5.32 Å². The lowest BCUT2D eigenvalue weighted by Crippen LogP contribution is -1.97. The first kappa shape index (κ1) is 12.2. The van der Waals surface area contributed by atoms with Crippen LogP contribution in [0.2, 0.25) is 0 Å². The predicted molar refractivity (Wildman–Crippen MR) is 71.7 cm³/mol. The molecular formula is C14H18N2. The van der Waals surface area contributed by atoms with Crippen molar-refractivity contribution in [2.24, 2.45) is 0 Å². The molecule has 1 aromatic rings. The van der Waals surface area contributed by atoms with Crippen molar-refractivity contribution in [2.45, 2.75) is 13.8 Å². The summed E-state index contributed by atoms with van der Waals surface area (Å²) in [6.07, 6.45) is 7.31. The predicted octanol–water partition coefficient (Wildman–Crippen LogP) is 3.24. The average Bonchev–Trinajstić information content (AvgIpc) is 2.29. The van der Waals surface area contributed by atoms with Crippen LogP contribution in [-0.4, -0.2) is 13.3 Å². The van der Waals surface area contributed by atoms with E-state index in [-0.39, 0.29) is 0 Å². The third-order valence-electron chi connectivity index (χ3n) is 2.40. The summed E-state index contributed by atoms with van der Waals surface area (Å²) >= 11 is 0. The maximum absolute atomic E-state index is 7.36. The minimum absolute atomic E-state index is 0.887. The molecule has 2 N–H and O–H groups in total. The highest BCUT2D eigenvalue weighted by Crippen LogP contribution is 2.17. The van der Waals surface area contributed by atoms with E-state index in [1.807, 2.05) is 32.3 Å². The molecule has 0 bridgehead atoms. The summed E-state index contributed by atoms with van der Waals surface area (Å²) < 4.78 is 0. The van der Waals surface area contributed by atoms with E-state index in [0.29, 0.717) is 0 Å². The average molecular weight is 214 g/mol. The Bertz CT molecular complexity index is 428. The highest BCUT2D eigenvalue weighted by Gasteiger charge is 2.00. The van der Waals surface area contributed by atoms with Gasteiger partial charge in [0.25, 0.3) is 0 Å². The summed E-state index contributed by atoms with van der Waals surface area (Å²) in [7, 11) is 1.84. The highest BCUT2D eigenvalue weighted by atomic mass is 14.8. The number of rotatable bonds is 4. The molecule has 16 heavy (non-hydrogen) atoms. The molecule has 0 unspecified atom stereocenters. The van der Waals surface area contributed by atoms with Crippen LogP contribution in [0.1, 0.15) is 23.6 Å². The van der Waals surface area contributed by atoms with E-state index in [1.54, 1.807) is 0 Å². The summed E-state index contributed by atoms with van der Waals surface area (Å²) in [6.45, 7) is 4.09. The molecule has 0 heterocycles. The zero-order chi connectivity index (χ0) is 12.0. The van der Waals surface area contributed by atoms with Gasteiger partial charge in [-0.05, 0) is 30.5 Å². The van der Waals surface area contributed by atoms with Gasteiger partial charge in [-0.25, -0.2) is 0 Å². The van der Waals surface area contributed by atoms with Gasteiger partial charge in [0.1, 0.15) is 0 Å². The van der Waals surface area contributed by atoms with Gasteiger partial charge in [0.2, 0.25) is 0 Å². The zero-order valence-electron chi connectivity index (χ0n) is 10.0. The van der Waals surface area contributed by atoms with Gasteiger partial charge in [0.05, 0.1) is 0 Å². The second-order valence-corrected chi connectivity index (χ2v) is 3.60. The van der Waals surface area contributed by atoms with Crippen LogP contribution in [0.3, 0.4) is 0 Å². The van der Waals surface area contributed by atoms with Crippen LogP contribution in [0.15, 0.2) is 30.5 Å². The van der Waals surface area contributed by atoms with Gasteiger partial charge in [-0.2, -0.15) is 0 Å². The Morgan fingerprint density at radius 3 is 2.62 bits per heavy atom. The Morgan fingerprint density at radius 1 is 1.38 bits per heavy atom. The van der Waals surface area contributed by atoms with E-state index in [2.05, 4.69) is 30.4 Å². The van der Waals surface area contributed by atoms with Crippen molar-refractivity contribution in [3.63, 3.8) is 0 Å². The van der Waals surface area contributed by atoms with Crippen molar-refractivity contribution < 1.29 is 0 Å². The monoisotopic (exact) mass is 214 g/mol. The van der Waals surface area contributed by atoms with Crippen molar-refractivity contribution in [1.82, 2.24) is 5.32 Å². The van der Waals surface area contributed by atoms with Gasteiger partial charge in [-0.1, -0.05) is 30.4 Å². The molecule has 0 saturated carbocycles. The first-order valence-corrected chi connectivity index (χ1v) is 5.34. The van der Waals surface area contributed by atoms with Crippen LogP contribution in [0.25, 0.3) is 11.6 Å². The van der Waals surface area contributed by atoms with Crippen LogP contribution >= 0.6 is 0 Å². The van der Waals surface area contributed by atoms with Crippen molar-refractivity contribution in [2.75, 3.05) is 7.05 Å². The molecule has 0 amide bonds. The Hall–Kier alpha value is -1.83. The lowest BCUT2D eigenvalue weighted by Gasteiger charge is -2.06. The summed E-state index contributed by atoms with van der Waals surface area (Å²) in [5.74, 6) is 0. The molecule has 0 atom stereocenters. The number of allylic oxidation sites excluding steroid dienone is 2. The Kier molecular flexibility index (Phi) is 4.52. The summed E-state index contributed by atoms with van der Waals surface area (Å²) in [6, 6.07) is 6.22. The second kappa shape index (κ2) is 5.91. The molecule has 2 heteroatoms. The molecule has 0 aliphatic carbocycles. The summed E-state index contributed by atoms with van der Waals surface area (Å²) in [5, 5.41) is 10.3. The van der Waals surface area contributed by atoms with E-state index in [4.69, 9.17) is 5.41 Å². The zero-order valence-corrected chi connectivity index (χ0v) is 10.0. The highest BCUT2D eigenvalue weighted by molar-refractivity contribution is 6.08. The number of nitrogens with one attached hydrogen (secondary N) is 2. The third kappa shape index (κ3) is 2.83. The van der Waals surface area contributed by atoms with Crippen LogP contribution in [0.5, 0.6) is 0 Å². The van der Waals surface area contributed by atoms with Gasteiger partial charge in [0, 0.05) is 25.0 Å². The Balaban J connectivity index is 3.14. The fraction of sp³-hybridized carbons (Fsp3) is 0.214. The van der Waals surface area contributed by atoms with Gasteiger partial charge in [0.15, 0.2) is 0 Å². The molecule has 0 fully saturated rings. The number of hydrogen-bond acceptors (Lipinski definition) is 2. The molecule has 1 rings (SSSR count). The molecule has 0 aromatic heterocycles. The minimum atomic E-state index is 0.887. The van der Waals surface area contributed by atoms with Crippen LogP contribution in [0, 0.1) is 12.3 Å². The molecule has 0 spiro atoms. The Morgan fingerprint density at radius 2 is 2.12 bits per heavy atom. The molecule has 0 radical (unpaired) electrons. The quantitative estimate of drug-likeness (QED) is 0.742. The summed E-state index contributed by atoms with van der Waals surface area (Å²) in [4.78, 5) is 0. The second-order valence-electron chi connectivity index (χ2n) is 3.60. The van der Waals surface area contributed by atoms with Gasteiger partial charge in [-0.15, -0.1) is 0 Å². The van der Waals surface area contributed by atoms with Crippen molar-refractivity contribution in [3.05, 3.63) is 47.2 Å². The molecule has 0 aliphatic heterocycles. The van der Waals surface area contributed by atoms with E-state index in [0.717, 1.165) is 11.1 Å². The molecule has 0 aliphatic rings. The van der Waals surface area contributed by atoms with Crippen LogP contribution in [0.4, 0.5) is 0 Å². The summed E-state index contributed by atoms with van der Waals surface area (Å²) in [5.41, 5.74) is 4.40. The molecule has 0 saturated heterocycles. The Labute approximate surface area is 97.2 Å². The van der Waals surface area contributed by atoms with Gasteiger partial charge >= 0.3 is 0 Å². The first-order chi connectivity index (χ1) is 7.72. The smallest absolute Gasteiger partial charge is 0.0270 e. The van der Waals surface area contributed by atoms with E-state index in [1.165, 1.54) is 17.3 Å². The van der Waals surface area contributed by atoms with E-state index >= 15 is 0 Å². The maximum Gasteiger partial charge on any atom is 0.0270 e. The lowest BCUT2D eigenvalue weighted by molar-refractivity contribution is 1.11. The molecular weight excluding hydrogens is 196 g/mol. The van der Waals surface area contributed by atoms with Crippen molar-refractivity contribution >= 4 is 17.9 Å². The van der Waals surface area contributed by atoms with Crippen molar-refractivity contribution in [3.8, 4) is 0 Å². The van der Waals surface area contributed by atoms with Crippen molar-refractivity contribution in [1.29, 1.82) is 5.41 Å². The van der Waals surface area contributed by atoms with Gasteiger partial charge < -0.3 is 10.7 Å². The standard InChI is InChI=1S/C14H18N2/c1-4-5-12-6-7-13(8-11(12)2)14(9-15)10-16-3/h4-10,15-16H,1-3H3/b5-4-,14-10+,15-9?. The molecule has 84 valence electrons. The number of benzene rings is 1. The minimum Gasteiger partial charge on any atom is -0.393 e. The van der Waals surface area contributed by atoms with Gasteiger partial charge in [-0.3, -0.25) is 0 Å². The number of hydrogen-bond donors (Lipinski definition) is 2.